The Kier molecular flexibility index (Phi) is 6.58. The molecule has 7 nitrogen and oxygen atoms in total. The van der Waals surface area contributed by atoms with E-state index in [4.69, 9.17) is 4.42 Å². The third-order valence-electron chi connectivity index (χ3n) is 5.72. The first-order valence-electron chi connectivity index (χ1n) is 10.8. The number of nitrogens with zero attached hydrogens (tertiary/aromatic N) is 2. The zero-order valence-corrected chi connectivity index (χ0v) is 18.4. The van der Waals surface area contributed by atoms with Gasteiger partial charge in [-0.1, -0.05) is 6.07 Å². The highest BCUT2D eigenvalue weighted by Gasteiger charge is 2.31. The minimum atomic E-state index is -4.42. The summed E-state index contributed by atoms with van der Waals surface area (Å²) in [5, 5.41) is 5.75. The summed E-state index contributed by atoms with van der Waals surface area (Å²) in [5.74, 6) is -0.0219. The van der Waals surface area contributed by atoms with Crippen molar-refractivity contribution in [3.05, 3.63) is 77.4 Å². The molecule has 34 heavy (non-hydrogen) atoms. The van der Waals surface area contributed by atoms with E-state index in [1.165, 1.54) is 12.3 Å². The minimum absolute atomic E-state index is 0.0827. The summed E-state index contributed by atoms with van der Waals surface area (Å²) in [4.78, 5) is 30.9. The van der Waals surface area contributed by atoms with Gasteiger partial charge in [0.05, 0.1) is 11.8 Å². The molecule has 0 saturated carbocycles. The van der Waals surface area contributed by atoms with Crippen LogP contribution in [0.5, 0.6) is 0 Å². The Morgan fingerprint density at radius 2 is 1.85 bits per heavy atom. The topological polar surface area (TPSA) is 87.5 Å². The summed E-state index contributed by atoms with van der Waals surface area (Å²) >= 11 is 0. The van der Waals surface area contributed by atoms with Gasteiger partial charge in [-0.15, -0.1) is 0 Å². The molecule has 0 radical (unpaired) electrons. The predicted octanol–water partition coefficient (Wildman–Crippen LogP) is 4.65. The highest BCUT2D eigenvalue weighted by atomic mass is 19.4. The van der Waals surface area contributed by atoms with Crippen LogP contribution in [0.1, 0.15) is 44.9 Å². The van der Waals surface area contributed by atoms with E-state index in [1.54, 1.807) is 30.3 Å². The number of anilines is 2. The van der Waals surface area contributed by atoms with Gasteiger partial charge in [0.2, 0.25) is 0 Å². The zero-order valence-electron chi connectivity index (χ0n) is 18.4. The second-order valence-electron chi connectivity index (χ2n) is 8.10. The fourth-order valence-corrected chi connectivity index (χ4v) is 3.75. The van der Waals surface area contributed by atoms with Crippen molar-refractivity contribution >= 4 is 23.3 Å². The van der Waals surface area contributed by atoms with Crippen LogP contribution < -0.4 is 15.5 Å². The van der Waals surface area contributed by atoms with Crippen molar-refractivity contribution in [2.75, 3.05) is 23.3 Å². The molecule has 1 aliphatic rings. The van der Waals surface area contributed by atoms with Crippen LogP contribution in [0.4, 0.5) is 24.7 Å². The van der Waals surface area contributed by atoms with Crippen LogP contribution in [-0.2, 0) is 6.18 Å². The third-order valence-corrected chi connectivity index (χ3v) is 5.72. The quantitative estimate of drug-likeness (QED) is 0.564. The number of aromatic nitrogens is 1. The molecule has 2 aromatic heterocycles. The van der Waals surface area contributed by atoms with Crippen molar-refractivity contribution in [3.63, 3.8) is 0 Å². The zero-order chi connectivity index (χ0) is 24.3. The number of halogens is 3. The normalized spacial score (nSPS) is 14.6. The number of amides is 2. The van der Waals surface area contributed by atoms with Crippen LogP contribution >= 0.6 is 0 Å². The number of hydrogen-bond donors (Lipinski definition) is 2. The molecular formula is C24H23F3N4O3. The van der Waals surface area contributed by atoms with Gasteiger partial charge in [-0.05, 0) is 61.7 Å². The largest absolute Gasteiger partial charge is 0.459 e. The maximum absolute atomic E-state index is 12.8. The molecule has 2 amide bonds. The molecule has 178 valence electrons. The number of benzene rings is 1. The smallest absolute Gasteiger partial charge is 0.417 e. The van der Waals surface area contributed by atoms with Gasteiger partial charge >= 0.3 is 6.18 Å². The first-order valence-corrected chi connectivity index (χ1v) is 10.8. The van der Waals surface area contributed by atoms with Crippen LogP contribution in [-0.4, -0.2) is 35.9 Å². The number of rotatable bonds is 5. The van der Waals surface area contributed by atoms with E-state index in [0.29, 0.717) is 43.0 Å². The fourth-order valence-electron chi connectivity index (χ4n) is 3.75. The van der Waals surface area contributed by atoms with E-state index in [9.17, 15) is 22.8 Å². The average Bonchev–Trinajstić information content (AvgIpc) is 3.36. The van der Waals surface area contributed by atoms with Gasteiger partial charge in [0.15, 0.2) is 5.76 Å². The van der Waals surface area contributed by atoms with Gasteiger partial charge in [0.1, 0.15) is 5.82 Å². The van der Waals surface area contributed by atoms with Gasteiger partial charge in [-0.25, -0.2) is 4.98 Å². The summed E-state index contributed by atoms with van der Waals surface area (Å²) in [6.07, 6.45) is -0.918. The Labute approximate surface area is 194 Å². The second kappa shape index (κ2) is 9.58. The Bertz CT molecular complexity index is 1150. The molecule has 0 atom stereocenters. The molecule has 0 unspecified atom stereocenters. The van der Waals surface area contributed by atoms with E-state index in [2.05, 4.69) is 15.6 Å². The molecule has 3 aromatic rings. The number of piperidine rings is 1. The fraction of sp³-hybridized carbons (Fsp3) is 0.292. The Hall–Kier alpha value is -3.82. The number of aryl methyl sites for hydroxylation is 1. The number of pyridine rings is 1. The van der Waals surface area contributed by atoms with Crippen LogP contribution in [0.3, 0.4) is 0 Å². The Morgan fingerprint density at radius 3 is 2.47 bits per heavy atom. The SMILES string of the molecule is Cc1ccc(C(=O)NC2CCN(c3ccc(C(F)(F)F)cn3)CC2)cc1NC(=O)c1ccco1. The first-order chi connectivity index (χ1) is 16.2. The number of furan rings is 1. The lowest BCUT2D eigenvalue weighted by molar-refractivity contribution is -0.137. The van der Waals surface area contributed by atoms with Crippen molar-refractivity contribution in [2.45, 2.75) is 32.0 Å². The van der Waals surface area contributed by atoms with Crippen molar-refractivity contribution in [1.29, 1.82) is 0 Å². The molecule has 1 aliphatic heterocycles. The van der Waals surface area contributed by atoms with E-state index in [1.807, 2.05) is 11.8 Å². The molecule has 4 rings (SSSR count). The Morgan fingerprint density at radius 1 is 1.09 bits per heavy atom. The second-order valence-corrected chi connectivity index (χ2v) is 8.10. The molecule has 1 aromatic carbocycles. The van der Waals surface area contributed by atoms with Gasteiger partial charge < -0.3 is 20.0 Å². The number of carbonyl (C=O) groups is 2. The summed E-state index contributed by atoms with van der Waals surface area (Å²) in [5.41, 5.74) is 0.939. The van der Waals surface area contributed by atoms with Crippen LogP contribution in [0.2, 0.25) is 0 Å². The lowest BCUT2D eigenvalue weighted by atomic mass is 10.0. The highest BCUT2D eigenvalue weighted by Crippen LogP contribution is 2.30. The van der Waals surface area contributed by atoms with E-state index < -0.39 is 17.6 Å². The first kappa shape index (κ1) is 23.3. The van der Waals surface area contributed by atoms with Crippen molar-refractivity contribution in [2.24, 2.45) is 0 Å². The van der Waals surface area contributed by atoms with Gasteiger partial charge in [0.25, 0.3) is 11.8 Å². The standard InChI is InChI=1S/C24H23F3N4O3/c1-15-4-5-16(13-19(15)30-23(33)20-3-2-12-34-20)22(32)29-18-8-10-31(11-9-18)21-7-6-17(14-28-21)24(25,26)27/h2-7,12-14,18H,8-11H2,1H3,(H,29,32)(H,30,33). The van der Waals surface area contributed by atoms with E-state index in [0.717, 1.165) is 17.8 Å². The van der Waals surface area contributed by atoms with E-state index in [-0.39, 0.29) is 17.7 Å². The molecule has 1 saturated heterocycles. The Balaban J connectivity index is 1.33. The molecule has 1 fully saturated rings. The lowest BCUT2D eigenvalue weighted by Crippen LogP contribution is -2.45. The molecule has 10 heteroatoms. The lowest BCUT2D eigenvalue weighted by Gasteiger charge is -2.33. The van der Waals surface area contributed by atoms with Crippen molar-refractivity contribution in [3.8, 4) is 0 Å². The average molecular weight is 472 g/mol. The van der Waals surface area contributed by atoms with Crippen LogP contribution in [0.25, 0.3) is 0 Å². The molecule has 0 bridgehead atoms. The molecule has 0 aliphatic carbocycles. The van der Waals surface area contributed by atoms with Gasteiger partial charge in [-0.2, -0.15) is 13.2 Å². The van der Waals surface area contributed by atoms with Crippen molar-refractivity contribution in [1.82, 2.24) is 10.3 Å². The third kappa shape index (κ3) is 5.38. The summed E-state index contributed by atoms with van der Waals surface area (Å²) < 4.78 is 43.3. The van der Waals surface area contributed by atoms with Crippen molar-refractivity contribution < 1.29 is 27.2 Å². The minimum Gasteiger partial charge on any atom is -0.459 e. The van der Waals surface area contributed by atoms with E-state index >= 15 is 0 Å². The number of alkyl halides is 3. The van der Waals surface area contributed by atoms with Crippen LogP contribution in [0, 0.1) is 6.92 Å². The summed E-state index contributed by atoms with van der Waals surface area (Å²) in [6.45, 7) is 2.94. The van der Waals surface area contributed by atoms with Crippen LogP contribution in [0.15, 0.2) is 59.3 Å². The predicted molar refractivity (Wildman–Crippen MR) is 120 cm³/mol. The molecule has 2 N–H and O–H groups in total. The van der Waals surface area contributed by atoms with Gasteiger partial charge in [-0.3, -0.25) is 9.59 Å². The maximum Gasteiger partial charge on any atom is 0.417 e. The molecular weight excluding hydrogens is 449 g/mol. The molecule has 0 spiro atoms. The summed E-state index contributed by atoms with van der Waals surface area (Å²) in [7, 11) is 0. The molecule has 3 heterocycles. The highest BCUT2D eigenvalue weighted by molar-refractivity contribution is 6.04. The number of nitrogens with one attached hydrogen (secondary N) is 2. The monoisotopic (exact) mass is 472 g/mol. The number of carbonyl (C=O) groups excluding carboxylic acids is 2. The van der Waals surface area contributed by atoms with Gasteiger partial charge in [0, 0.05) is 36.6 Å². The number of hydrogen-bond acceptors (Lipinski definition) is 5. The maximum atomic E-state index is 12.8. The summed E-state index contributed by atoms with van der Waals surface area (Å²) in [6, 6.07) is 10.5.